The Balaban J connectivity index is 1.85. The Kier molecular flexibility index (Phi) is 3.80. The molecule has 0 saturated carbocycles. The summed E-state index contributed by atoms with van der Waals surface area (Å²) in [4.78, 5) is 26.8. The largest absolute Gasteiger partial charge is 0.545 e. The number of anilines is 2. The van der Waals surface area contributed by atoms with Gasteiger partial charge in [0.05, 0.1) is 23.1 Å². The van der Waals surface area contributed by atoms with E-state index in [1.165, 1.54) is 18.2 Å². The Hall–Kier alpha value is -3.41. The zero-order chi connectivity index (χ0) is 18.3. The normalized spacial score (nSPS) is 12.8. The molecular formula is C20H14N2O4-2. The van der Waals surface area contributed by atoms with Crippen LogP contribution in [0.25, 0.3) is 10.9 Å². The van der Waals surface area contributed by atoms with Crippen molar-refractivity contribution in [2.75, 3.05) is 5.32 Å². The second-order valence-corrected chi connectivity index (χ2v) is 6.27. The van der Waals surface area contributed by atoms with Gasteiger partial charge < -0.3 is 25.1 Å². The zero-order valence-electron chi connectivity index (χ0n) is 13.7. The molecule has 0 atom stereocenters. The highest BCUT2D eigenvalue weighted by Gasteiger charge is 2.20. The lowest BCUT2D eigenvalue weighted by atomic mass is 10.0. The van der Waals surface area contributed by atoms with E-state index in [1.54, 1.807) is 24.3 Å². The Morgan fingerprint density at radius 2 is 1.62 bits per heavy atom. The molecule has 0 fully saturated rings. The highest BCUT2D eigenvalue weighted by Crippen LogP contribution is 2.36. The number of carbonyl (C=O) groups excluding carboxylic acids is 2. The molecule has 0 unspecified atom stereocenters. The molecule has 3 aromatic rings. The van der Waals surface area contributed by atoms with Gasteiger partial charge in [-0.2, -0.15) is 0 Å². The standard InChI is InChI=1S/C20H16N2O4/c23-19(24)11-4-7-13(8-5-11)21-18-14-2-1-3-16(14)22-17-9-6-12(20(25)26)10-15(17)18/h4-10H,1-3H2,(H,21,22)(H,23,24)(H,25,26)/p-2. The van der Waals surface area contributed by atoms with E-state index in [-0.39, 0.29) is 11.1 Å². The average molecular weight is 346 g/mol. The van der Waals surface area contributed by atoms with Gasteiger partial charge in [0.15, 0.2) is 0 Å². The lowest BCUT2D eigenvalue weighted by molar-refractivity contribution is -0.256. The fourth-order valence-corrected chi connectivity index (χ4v) is 3.37. The van der Waals surface area contributed by atoms with Crippen LogP contribution < -0.4 is 15.5 Å². The first kappa shape index (κ1) is 16.1. The number of hydrogen-bond donors (Lipinski definition) is 1. The highest BCUT2D eigenvalue weighted by molar-refractivity contribution is 6.00. The quantitative estimate of drug-likeness (QED) is 0.761. The summed E-state index contributed by atoms with van der Waals surface area (Å²) in [5.74, 6) is -2.47. The number of benzene rings is 2. The molecule has 1 aliphatic carbocycles. The van der Waals surface area contributed by atoms with Gasteiger partial charge in [-0.05, 0) is 60.2 Å². The lowest BCUT2D eigenvalue weighted by Gasteiger charge is -2.16. The summed E-state index contributed by atoms with van der Waals surface area (Å²) >= 11 is 0. The van der Waals surface area contributed by atoms with Gasteiger partial charge >= 0.3 is 0 Å². The number of carbonyl (C=O) groups is 2. The topological polar surface area (TPSA) is 105 Å². The molecule has 0 spiro atoms. The van der Waals surface area contributed by atoms with Gasteiger partial charge in [-0.3, -0.25) is 4.98 Å². The van der Waals surface area contributed by atoms with Crippen LogP contribution in [0.1, 0.15) is 38.4 Å². The van der Waals surface area contributed by atoms with Crippen LogP contribution in [0, 0.1) is 0 Å². The van der Waals surface area contributed by atoms with Gasteiger partial charge in [0, 0.05) is 16.8 Å². The SMILES string of the molecule is O=C([O-])c1ccc(Nc2c3c(nc4ccc(C(=O)[O-])cc24)CCC3)cc1. The van der Waals surface area contributed by atoms with Crippen LogP contribution in [0.4, 0.5) is 11.4 Å². The van der Waals surface area contributed by atoms with Crippen LogP contribution in [-0.4, -0.2) is 16.9 Å². The van der Waals surface area contributed by atoms with Gasteiger partial charge in [0.25, 0.3) is 0 Å². The van der Waals surface area contributed by atoms with Crippen LogP contribution in [0.5, 0.6) is 0 Å². The maximum absolute atomic E-state index is 11.2. The predicted octanol–water partition coefficient (Wildman–Crippen LogP) is 1.19. The van der Waals surface area contributed by atoms with Crippen molar-refractivity contribution < 1.29 is 19.8 Å². The Bertz CT molecular complexity index is 1040. The van der Waals surface area contributed by atoms with E-state index in [1.807, 2.05) is 0 Å². The molecule has 26 heavy (non-hydrogen) atoms. The number of nitrogens with one attached hydrogen (secondary N) is 1. The van der Waals surface area contributed by atoms with E-state index in [4.69, 9.17) is 0 Å². The fraction of sp³-hybridized carbons (Fsp3) is 0.150. The Morgan fingerprint density at radius 1 is 0.923 bits per heavy atom. The third kappa shape index (κ3) is 2.75. The smallest absolute Gasteiger partial charge is 0.0726 e. The number of carboxylic acid groups (broad SMARTS) is 2. The summed E-state index contributed by atoms with van der Waals surface area (Å²) in [6, 6.07) is 11.0. The van der Waals surface area contributed by atoms with Crippen LogP contribution in [0.15, 0.2) is 42.5 Å². The van der Waals surface area contributed by atoms with E-state index in [0.717, 1.165) is 36.2 Å². The van der Waals surface area contributed by atoms with Gasteiger partial charge in [0.1, 0.15) is 0 Å². The molecule has 4 rings (SSSR count). The average Bonchev–Trinajstić information content (AvgIpc) is 3.09. The van der Waals surface area contributed by atoms with Crippen molar-refractivity contribution in [3.05, 3.63) is 64.8 Å². The molecule has 1 heterocycles. The number of fused-ring (bicyclic) bond motifs is 2. The molecule has 1 aromatic heterocycles. The Labute approximate surface area is 149 Å². The summed E-state index contributed by atoms with van der Waals surface area (Å²) in [7, 11) is 0. The van der Waals surface area contributed by atoms with E-state index >= 15 is 0 Å². The van der Waals surface area contributed by atoms with E-state index < -0.39 is 11.9 Å². The number of hydrogen-bond acceptors (Lipinski definition) is 6. The Morgan fingerprint density at radius 3 is 2.31 bits per heavy atom. The van der Waals surface area contributed by atoms with Crippen molar-refractivity contribution in [1.82, 2.24) is 4.98 Å². The van der Waals surface area contributed by atoms with Gasteiger partial charge in [-0.25, -0.2) is 0 Å². The molecule has 130 valence electrons. The second-order valence-electron chi connectivity index (χ2n) is 6.27. The molecular weight excluding hydrogens is 332 g/mol. The second kappa shape index (κ2) is 6.15. The van der Waals surface area contributed by atoms with Crippen molar-refractivity contribution in [1.29, 1.82) is 0 Å². The molecule has 2 aromatic carbocycles. The van der Waals surface area contributed by atoms with Gasteiger partial charge in [-0.15, -0.1) is 0 Å². The van der Waals surface area contributed by atoms with Crippen LogP contribution >= 0.6 is 0 Å². The third-order valence-electron chi connectivity index (χ3n) is 4.64. The molecule has 0 aliphatic heterocycles. The number of aromatic nitrogens is 1. The summed E-state index contributed by atoms with van der Waals surface area (Å²) in [6.45, 7) is 0. The molecule has 6 nitrogen and oxygen atoms in total. The predicted molar refractivity (Wildman–Crippen MR) is 92.2 cm³/mol. The summed E-state index contributed by atoms with van der Waals surface area (Å²) in [5, 5.41) is 26.2. The molecule has 0 radical (unpaired) electrons. The molecule has 1 aliphatic rings. The van der Waals surface area contributed by atoms with Crippen molar-refractivity contribution in [2.45, 2.75) is 19.3 Å². The van der Waals surface area contributed by atoms with Crippen LogP contribution in [-0.2, 0) is 12.8 Å². The zero-order valence-corrected chi connectivity index (χ0v) is 13.7. The first-order valence-electron chi connectivity index (χ1n) is 8.28. The lowest BCUT2D eigenvalue weighted by Crippen LogP contribution is -2.22. The van der Waals surface area contributed by atoms with Crippen LogP contribution in [0.2, 0.25) is 0 Å². The minimum absolute atomic E-state index is 0.0904. The number of rotatable bonds is 4. The number of pyridine rings is 1. The molecule has 0 bridgehead atoms. The first-order valence-corrected chi connectivity index (χ1v) is 8.28. The van der Waals surface area contributed by atoms with Crippen molar-refractivity contribution in [3.8, 4) is 0 Å². The van der Waals surface area contributed by atoms with Gasteiger partial charge in [-0.1, -0.05) is 18.2 Å². The van der Waals surface area contributed by atoms with E-state index in [0.29, 0.717) is 16.6 Å². The molecule has 0 saturated heterocycles. The van der Waals surface area contributed by atoms with Crippen molar-refractivity contribution in [2.24, 2.45) is 0 Å². The number of aromatic carboxylic acids is 2. The molecule has 6 heteroatoms. The number of carboxylic acids is 2. The maximum atomic E-state index is 11.2. The van der Waals surface area contributed by atoms with Crippen molar-refractivity contribution >= 4 is 34.2 Å². The first-order chi connectivity index (χ1) is 12.5. The molecule has 0 amide bonds. The third-order valence-corrected chi connectivity index (χ3v) is 4.64. The summed E-state index contributed by atoms with van der Waals surface area (Å²) in [6.07, 6.45) is 2.73. The van der Waals surface area contributed by atoms with Crippen LogP contribution in [0.3, 0.4) is 0 Å². The highest BCUT2D eigenvalue weighted by atomic mass is 16.4. The monoisotopic (exact) mass is 346 g/mol. The molecule has 1 N–H and O–H groups in total. The summed E-state index contributed by atoms with van der Waals surface area (Å²) in [5.41, 5.74) is 4.49. The van der Waals surface area contributed by atoms with Crippen molar-refractivity contribution in [3.63, 3.8) is 0 Å². The van der Waals surface area contributed by atoms with Gasteiger partial charge in [0.2, 0.25) is 0 Å². The fourth-order valence-electron chi connectivity index (χ4n) is 3.37. The number of aryl methyl sites for hydroxylation is 1. The number of nitrogens with zero attached hydrogens (tertiary/aromatic N) is 1. The minimum atomic E-state index is -1.24. The maximum Gasteiger partial charge on any atom is 0.0726 e. The minimum Gasteiger partial charge on any atom is -0.545 e. The summed E-state index contributed by atoms with van der Waals surface area (Å²) < 4.78 is 0. The van der Waals surface area contributed by atoms with E-state index in [9.17, 15) is 19.8 Å². The van der Waals surface area contributed by atoms with E-state index in [2.05, 4.69) is 10.3 Å².